The number of nitrogens with zero attached hydrogens (tertiary/aromatic N) is 1. The van der Waals surface area contributed by atoms with Crippen LogP contribution in [-0.4, -0.2) is 29.8 Å². The number of anilines is 1. The average Bonchev–Trinajstić information content (AvgIpc) is 2.44. The van der Waals surface area contributed by atoms with E-state index in [2.05, 4.69) is 5.32 Å². The molecule has 1 heterocycles. The van der Waals surface area contributed by atoms with Crippen LogP contribution in [0.4, 0.5) is 18.9 Å². The predicted octanol–water partition coefficient (Wildman–Crippen LogP) is 3.15. The lowest BCUT2D eigenvalue weighted by atomic mass is 9.92. The van der Waals surface area contributed by atoms with Crippen LogP contribution in [0.15, 0.2) is 24.3 Å². The summed E-state index contributed by atoms with van der Waals surface area (Å²) in [4.78, 5) is 25.6. The first-order valence-electron chi connectivity index (χ1n) is 7.44. The van der Waals surface area contributed by atoms with Gasteiger partial charge in [0.25, 0.3) is 0 Å². The quantitative estimate of drug-likeness (QED) is 0.805. The van der Waals surface area contributed by atoms with Crippen molar-refractivity contribution in [3.8, 4) is 0 Å². The Morgan fingerprint density at radius 2 is 1.78 bits per heavy atom. The minimum atomic E-state index is -4.50. The van der Waals surface area contributed by atoms with Gasteiger partial charge in [0.05, 0.1) is 5.56 Å². The van der Waals surface area contributed by atoms with Crippen LogP contribution in [0.5, 0.6) is 0 Å². The summed E-state index contributed by atoms with van der Waals surface area (Å²) < 4.78 is 38.0. The minimum absolute atomic E-state index is 0.0451. The molecule has 1 N–H and O–H groups in total. The van der Waals surface area contributed by atoms with E-state index in [1.165, 1.54) is 17.0 Å². The van der Waals surface area contributed by atoms with Crippen LogP contribution in [0.1, 0.15) is 25.8 Å². The number of hydrogen-bond acceptors (Lipinski definition) is 2. The second-order valence-corrected chi connectivity index (χ2v) is 6.19. The molecule has 0 aromatic heterocycles. The van der Waals surface area contributed by atoms with Crippen LogP contribution in [0.2, 0.25) is 0 Å². The number of carbonyl (C=O) groups excluding carboxylic acids is 2. The van der Waals surface area contributed by atoms with E-state index < -0.39 is 23.6 Å². The molecule has 0 aliphatic carbocycles. The Hall–Kier alpha value is -2.05. The van der Waals surface area contributed by atoms with Crippen LogP contribution in [-0.2, 0) is 15.8 Å². The molecule has 2 unspecified atom stereocenters. The SMILES string of the molecule is CC1CC(C)CN(C(=O)C(=O)Nc2cccc(C(F)(F)F)c2)C1. The fourth-order valence-corrected chi connectivity index (χ4v) is 2.93. The van der Waals surface area contributed by atoms with E-state index in [0.29, 0.717) is 24.9 Å². The zero-order valence-corrected chi connectivity index (χ0v) is 13.0. The molecule has 4 nitrogen and oxygen atoms in total. The van der Waals surface area contributed by atoms with Gasteiger partial charge in [0.15, 0.2) is 0 Å². The van der Waals surface area contributed by atoms with Gasteiger partial charge in [-0.3, -0.25) is 9.59 Å². The molecule has 1 aromatic carbocycles. The Labute approximate surface area is 132 Å². The summed E-state index contributed by atoms with van der Waals surface area (Å²) in [6, 6.07) is 4.23. The Balaban J connectivity index is 2.05. The van der Waals surface area contributed by atoms with Gasteiger partial charge < -0.3 is 10.2 Å². The number of rotatable bonds is 1. The molecule has 1 aromatic rings. The molecule has 23 heavy (non-hydrogen) atoms. The molecular formula is C16H19F3N2O2. The molecule has 1 aliphatic heterocycles. The molecule has 7 heteroatoms. The lowest BCUT2D eigenvalue weighted by Gasteiger charge is -2.34. The largest absolute Gasteiger partial charge is 0.416 e. The summed E-state index contributed by atoms with van der Waals surface area (Å²) in [5.74, 6) is -1.03. The van der Waals surface area contributed by atoms with Crippen LogP contribution >= 0.6 is 0 Å². The van der Waals surface area contributed by atoms with Crippen LogP contribution < -0.4 is 5.32 Å². The fraction of sp³-hybridized carbons (Fsp3) is 0.500. The van der Waals surface area contributed by atoms with E-state index in [4.69, 9.17) is 0 Å². The van der Waals surface area contributed by atoms with E-state index in [9.17, 15) is 22.8 Å². The number of hydrogen-bond donors (Lipinski definition) is 1. The van der Waals surface area contributed by atoms with Gasteiger partial charge in [-0.1, -0.05) is 19.9 Å². The van der Waals surface area contributed by atoms with Crippen molar-refractivity contribution in [1.29, 1.82) is 0 Å². The molecule has 2 rings (SSSR count). The second-order valence-electron chi connectivity index (χ2n) is 6.19. The van der Waals surface area contributed by atoms with Crippen molar-refractivity contribution in [2.24, 2.45) is 11.8 Å². The third kappa shape index (κ3) is 4.46. The first kappa shape index (κ1) is 17.3. The number of piperidine rings is 1. The maximum absolute atomic E-state index is 12.7. The Morgan fingerprint density at radius 3 is 2.35 bits per heavy atom. The van der Waals surface area contributed by atoms with Gasteiger partial charge in [0.1, 0.15) is 0 Å². The van der Waals surface area contributed by atoms with Crippen molar-refractivity contribution < 1.29 is 22.8 Å². The monoisotopic (exact) mass is 328 g/mol. The maximum atomic E-state index is 12.7. The molecular weight excluding hydrogens is 309 g/mol. The zero-order chi connectivity index (χ0) is 17.2. The Bertz CT molecular complexity index is 591. The van der Waals surface area contributed by atoms with E-state index in [1.54, 1.807) is 0 Å². The molecule has 1 saturated heterocycles. The molecule has 2 atom stereocenters. The highest BCUT2D eigenvalue weighted by atomic mass is 19.4. The van der Waals surface area contributed by atoms with E-state index in [-0.39, 0.29) is 5.69 Å². The van der Waals surface area contributed by atoms with Gasteiger partial charge in [0, 0.05) is 18.8 Å². The van der Waals surface area contributed by atoms with Crippen LogP contribution in [0.25, 0.3) is 0 Å². The molecule has 1 fully saturated rings. The second kappa shape index (κ2) is 6.60. The number of likely N-dealkylation sites (tertiary alicyclic amines) is 1. The molecule has 0 spiro atoms. The topological polar surface area (TPSA) is 49.4 Å². The lowest BCUT2D eigenvalue weighted by Crippen LogP contribution is -2.47. The minimum Gasteiger partial charge on any atom is -0.334 e. The maximum Gasteiger partial charge on any atom is 0.416 e. The van der Waals surface area contributed by atoms with E-state index in [0.717, 1.165) is 18.6 Å². The lowest BCUT2D eigenvalue weighted by molar-refractivity contribution is -0.145. The number of amides is 2. The standard InChI is InChI=1S/C16H19F3N2O2/c1-10-6-11(2)9-21(8-10)15(23)14(22)20-13-5-3-4-12(7-13)16(17,18)19/h3-5,7,10-11H,6,8-9H2,1-2H3,(H,20,22). The van der Waals surface area contributed by atoms with Gasteiger partial charge in [-0.25, -0.2) is 0 Å². The highest BCUT2D eigenvalue weighted by Gasteiger charge is 2.32. The van der Waals surface area contributed by atoms with Gasteiger partial charge in [-0.15, -0.1) is 0 Å². The van der Waals surface area contributed by atoms with Gasteiger partial charge in [-0.05, 0) is 36.5 Å². The smallest absolute Gasteiger partial charge is 0.334 e. The van der Waals surface area contributed by atoms with Crippen molar-refractivity contribution in [1.82, 2.24) is 4.90 Å². The van der Waals surface area contributed by atoms with Gasteiger partial charge >= 0.3 is 18.0 Å². The van der Waals surface area contributed by atoms with E-state index >= 15 is 0 Å². The third-order valence-corrected chi connectivity index (χ3v) is 3.80. The van der Waals surface area contributed by atoms with E-state index in [1.807, 2.05) is 13.8 Å². The summed E-state index contributed by atoms with van der Waals surface area (Å²) in [5.41, 5.74) is -0.917. The van der Waals surface area contributed by atoms with Crippen molar-refractivity contribution in [3.05, 3.63) is 29.8 Å². The molecule has 0 saturated carbocycles. The van der Waals surface area contributed by atoms with Crippen molar-refractivity contribution in [2.45, 2.75) is 26.4 Å². The molecule has 2 amide bonds. The Morgan fingerprint density at radius 1 is 1.17 bits per heavy atom. The van der Waals surface area contributed by atoms with Gasteiger partial charge in [-0.2, -0.15) is 13.2 Å². The fourth-order valence-electron chi connectivity index (χ4n) is 2.93. The molecule has 0 radical (unpaired) electrons. The number of alkyl halides is 3. The highest BCUT2D eigenvalue weighted by molar-refractivity contribution is 6.39. The summed E-state index contributed by atoms with van der Waals surface area (Å²) in [6.45, 7) is 4.97. The van der Waals surface area contributed by atoms with Crippen molar-refractivity contribution in [2.75, 3.05) is 18.4 Å². The normalized spacial score (nSPS) is 21.9. The predicted molar refractivity (Wildman–Crippen MR) is 79.6 cm³/mol. The van der Waals surface area contributed by atoms with Crippen molar-refractivity contribution >= 4 is 17.5 Å². The third-order valence-electron chi connectivity index (χ3n) is 3.80. The zero-order valence-electron chi connectivity index (χ0n) is 13.0. The number of benzene rings is 1. The summed E-state index contributed by atoms with van der Waals surface area (Å²) in [7, 11) is 0. The Kier molecular flexibility index (Phi) is 4.97. The van der Waals surface area contributed by atoms with Crippen LogP contribution in [0, 0.1) is 11.8 Å². The molecule has 0 bridgehead atoms. The number of nitrogens with one attached hydrogen (secondary N) is 1. The average molecular weight is 328 g/mol. The first-order valence-corrected chi connectivity index (χ1v) is 7.44. The summed E-state index contributed by atoms with van der Waals surface area (Å²) in [5, 5.41) is 2.25. The van der Waals surface area contributed by atoms with Crippen molar-refractivity contribution in [3.63, 3.8) is 0 Å². The van der Waals surface area contributed by atoms with Gasteiger partial charge in [0.2, 0.25) is 0 Å². The highest BCUT2D eigenvalue weighted by Crippen LogP contribution is 2.30. The molecule has 126 valence electrons. The summed E-state index contributed by atoms with van der Waals surface area (Å²) in [6.07, 6.45) is -3.51. The first-order chi connectivity index (χ1) is 10.7. The molecule has 1 aliphatic rings. The number of halogens is 3. The van der Waals surface area contributed by atoms with Crippen LogP contribution in [0.3, 0.4) is 0 Å². The summed E-state index contributed by atoms with van der Waals surface area (Å²) >= 11 is 0. The number of carbonyl (C=O) groups is 2.